The SMILES string of the molecule is O=[C]C(=O)N1CCN(S(=O)(=O)c2ccccc2)CC1. The van der Waals surface area contributed by atoms with E-state index in [1.807, 2.05) is 0 Å². The molecule has 1 aliphatic heterocycles. The second-order valence-corrected chi connectivity index (χ2v) is 6.05. The maximum absolute atomic E-state index is 12.3. The lowest BCUT2D eigenvalue weighted by atomic mass is 10.3. The Balaban J connectivity index is 2.09. The second kappa shape index (κ2) is 5.50. The van der Waals surface area contributed by atoms with Gasteiger partial charge in [0.15, 0.2) is 0 Å². The van der Waals surface area contributed by atoms with Gasteiger partial charge in [-0.3, -0.25) is 9.59 Å². The summed E-state index contributed by atoms with van der Waals surface area (Å²) in [5, 5.41) is 0. The largest absolute Gasteiger partial charge is 0.333 e. The van der Waals surface area contributed by atoms with E-state index in [0.29, 0.717) is 0 Å². The number of benzene rings is 1. The zero-order valence-corrected chi connectivity index (χ0v) is 11.0. The van der Waals surface area contributed by atoms with Crippen molar-refractivity contribution in [3.05, 3.63) is 30.3 Å². The number of amides is 1. The molecule has 7 heteroatoms. The molecule has 1 aromatic rings. The lowest BCUT2D eigenvalue weighted by Crippen LogP contribution is -2.50. The van der Waals surface area contributed by atoms with Crippen molar-refractivity contribution in [2.45, 2.75) is 4.90 Å². The van der Waals surface area contributed by atoms with Crippen molar-refractivity contribution in [3.63, 3.8) is 0 Å². The van der Waals surface area contributed by atoms with E-state index in [-0.39, 0.29) is 31.1 Å². The highest BCUT2D eigenvalue weighted by Gasteiger charge is 2.29. The van der Waals surface area contributed by atoms with Gasteiger partial charge < -0.3 is 4.90 Å². The summed E-state index contributed by atoms with van der Waals surface area (Å²) in [6, 6.07) is 8.13. The Hall–Kier alpha value is -1.73. The first-order valence-corrected chi connectivity index (χ1v) is 7.22. The molecule has 1 saturated heterocycles. The molecule has 6 nitrogen and oxygen atoms in total. The summed E-state index contributed by atoms with van der Waals surface area (Å²) in [6.07, 6.45) is 1.29. The van der Waals surface area contributed by atoms with Gasteiger partial charge in [0, 0.05) is 26.2 Å². The molecule has 1 radical (unpaired) electrons. The summed E-state index contributed by atoms with van der Waals surface area (Å²) < 4.78 is 25.9. The molecule has 0 unspecified atom stereocenters. The number of carbonyl (C=O) groups is 1. The first-order valence-electron chi connectivity index (χ1n) is 5.78. The quantitative estimate of drug-likeness (QED) is 0.708. The summed E-state index contributed by atoms with van der Waals surface area (Å²) in [5.74, 6) is -0.725. The van der Waals surface area contributed by atoms with E-state index in [1.165, 1.54) is 27.6 Å². The molecule has 2 rings (SSSR count). The molecule has 0 spiro atoms. The molecule has 0 N–H and O–H groups in total. The van der Waals surface area contributed by atoms with Crippen LogP contribution in [-0.4, -0.2) is 56.0 Å². The molecule has 1 amide bonds. The predicted octanol–water partition coefficient (Wildman–Crippen LogP) is -0.371. The molecule has 19 heavy (non-hydrogen) atoms. The molecule has 1 aromatic carbocycles. The van der Waals surface area contributed by atoms with Crippen LogP contribution in [0.1, 0.15) is 0 Å². The first-order chi connectivity index (χ1) is 9.05. The minimum absolute atomic E-state index is 0.185. The van der Waals surface area contributed by atoms with Crippen LogP contribution in [0.3, 0.4) is 0 Å². The van der Waals surface area contributed by atoms with Gasteiger partial charge in [0.25, 0.3) is 12.2 Å². The topological polar surface area (TPSA) is 74.8 Å². The van der Waals surface area contributed by atoms with Gasteiger partial charge >= 0.3 is 0 Å². The Morgan fingerprint density at radius 1 is 1.05 bits per heavy atom. The number of hydrogen-bond donors (Lipinski definition) is 0. The minimum Gasteiger partial charge on any atom is -0.333 e. The van der Waals surface area contributed by atoms with Crippen LogP contribution in [0.25, 0.3) is 0 Å². The Bertz CT molecular complexity index is 563. The number of piperazine rings is 1. The number of carbonyl (C=O) groups excluding carboxylic acids is 2. The fourth-order valence-corrected chi connectivity index (χ4v) is 3.38. The van der Waals surface area contributed by atoms with Crippen LogP contribution < -0.4 is 0 Å². The molecule has 101 valence electrons. The fourth-order valence-electron chi connectivity index (χ4n) is 1.94. The monoisotopic (exact) mass is 281 g/mol. The lowest BCUT2D eigenvalue weighted by Gasteiger charge is -2.32. The summed E-state index contributed by atoms with van der Waals surface area (Å²) in [5.41, 5.74) is 0. The minimum atomic E-state index is -3.52. The number of nitrogens with zero attached hydrogens (tertiary/aromatic N) is 2. The van der Waals surface area contributed by atoms with Crippen molar-refractivity contribution in [1.82, 2.24) is 9.21 Å². The zero-order chi connectivity index (χ0) is 13.9. The Morgan fingerprint density at radius 3 is 2.16 bits per heavy atom. The van der Waals surface area contributed by atoms with Gasteiger partial charge in [-0.05, 0) is 12.1 Å². The van der Waals surface area contributed by atoms with Crippen LogP contribution in [0, 0.1) is 0 Å². The van der Waals surface area contributed by atoms with Crippen LogP contribution >= 0.6 is 0 Å². The Morgan fingerprint density at radius 2 is 1.63 bits per heavy atom. The van der Waals surface area contributed by atoms with Crippen molar-refractivity contribution in [1.29, 1.82) is 0 Å². The first kappa shape index (κ1) is 13.7. The van der Waals surface area contributed by atoms with E-state index in [4.69, 9.17) is 0 Å². The van der Waals surface area contributed by atoms with Gasteiger partial charge in [-0.25, -0.2) is 8.42 Å². The maximum atomic E-state index is 12.3. The van der Waals surface area contributed by atoms with Crippen molar-refractivity contribution >= 4 is 22.2 Å². The van der Waals surface area contributed by atoms with E-state index in [1.54, 1.807) is 18.2 Å². The highest BCUT2D eigenvalue weighted by atomic mass is 32.2. The maximum Gasteiger partial charge on any atom is 0.298 e. The fraction of sp³-hybridized carbons (Fsp3) is 0.333. The second-order valence-electron chi connectivity index (χ2n) is 4.11. The van der Waals surface area contributed by atoms with Crippen LogP contribution in [0.4, 0.5) is 0 Å². The Kier molecular flexibility index (Phi) is 3.96. The highest BCUT2D eigenvalue weighted by Crippen LogP contribution is 2.16. The molecule has 0 saturated carbocycles. The average Bonchev–Trinajstić information content (AvgIpc) is 2.47. The molecule has 0 aliphatic carbocycles. The molecule has 1 aliphatic rings. The van der Waals surface area contributed by atoms with E-state index in [9.17, 15) is 18.0 Å². The van der Waals surface area contributed by atoms with Gasteiger partial charge in [0.1, 0.15) is 0 Å². The van der Waals surface area contributed by atoms with Crippen molar-refractivity contribution in [2.75, 3.05) is 26.2 Å². The van der Waals surface area contributed by atoms with E-state index in [0.717, 1.165) is 0 Å². The third kappa shape index (κ3) is 2.82. The summed E-state index contributed by atoms with van der Waals surface area (Å²) in [7, 11) is -3.52. The van der Waals surface area contributed by atoms with E-state index in [2.05, 4.69) is 0 Å². The molecule has 1 fully saturated rings. The highest BCUT2D eigenvalue weighted by molar-refractivity contribution is 7.89. The number of rotatable bonds is 3. The van der Waals surface area contributed by atoms with Crippen LogP contribution in [0.5, 0.6) is 0 Å². The molecular weight excluding hydrogens is 268 g/mol. The molecule has 0 atom stereocenters. The standard InChI is InChI=1S/C12H13N2O4S/c15-10-12(16)13-6-8-14(9-7-13)19(17,18)11-4-2-1-3-5-11/h1-5H,6-9H2. The van der Waals surface area contributed by atoms with Gasteiger partial charge in [-0.15, -0.1) is 0 Å². The average molecular weight is 281 g/mol. The molecule has 0 bridgehead atoms. The summed E-state index contributed by atoms with van der Waals surface area (Å²) in [4.78, 5) is 22.9. The van der Waals surface area contributed by atoms with Gasteiger partial charge in [0.05, 0.1) is 4.90 Å². The van der Waals surface area contributed by atoms with Crippen LogP contribution in [0.2, 0.25) is 0 Å². The van der Waals surface area contributed by atoms with Crippen molar-refractivity contribution < 1.29 is 18.0 Å². The van der Waals surface area contributed by atoms with E-state index < -0.39 is 15.9 Å². The Labute approximate surface area is 111 Å². The third-order valence-corrected chi connectivity index (χ3v) is 4.91. The van der Waals surface area contributed by atoms with Gasteiger partial charge in [-0.2, -0.15) is 4.31 Å². The van der Waals surface area contributed by atoms with Crippen molar-refractivity contribution in [2.24, 2.45) is 0 Å². The molecular formula is C12H13N2O4S. The number of hydrogen-bond acceptors (Lipinski definition) is 4. The smallest absolute Gasteiger partial charge is 0.298 e. The van der Waals surface area contributed by atoms with Crippen molar-refractivity contribution in [3.8, 4) is 0 Å². The molecule has 0 aromatic heterocycles. The lowest BCUT2D eigenvalue weighted by molar-refractivity contribution is -0.125. The zero-order valence-electron chi connectivity index (χ0n) is 10.2. The van der Waals surface area contributed by atoms with E-state index >= 15 is 0 Å². The van der Waals surface area contributed by atoms with Crippen LogP contribution in [0.15, 0.2) is 35.2 Å². The summed E-state index contributed by atoms with van der Waals surface area (Å²) >= 11 is 0. The van der Waals surface area contributed by atoms with Crippen LogP contribution in [-0.2, 0) is 19.6 Å². The normalized spacial score (nSPS) is 17.2. The summed E-state index contributed by atoms with van der Waals surface area (Å²) in [6.45, 7) is 0.787. The van der Waals surface area contributed by atoms with Gasteiger partial charge in [-0.1, -0.05) is 18.2 Å². The predicted molar refractivity (Wildman–Crippen MR) is 67.5 cm³/mol. The number of sulfonamides is 1. The van der Waals surface area contributed by atoms with Gasteiger partial charge in [0.2, 0.25) is 10.0 Å². The molecule has 1 heterocycles. The third-order valence-electron chi connectivity index (χ3n) is 2.99.